The molecule has 1 aromatic carbocycles. The van der Waals surface area contributed by atoms with Crippen LogP contribution in [0.1, 0.15) is 21.5 Å². The van der Waals surface area contributed by atoms with Gasteiger partial charge in [0.1, 0.15) is 5.82 Å². The molecule has 0 unspecified atom stereocenters. The monoisotopic (exact) mass is 384 g/mol. The number of aromatic nitrogens is 1. The van der Waals surface area contributed by atoms with E-state index in [2.05, 4.69) is 21.3 Å². The van der Waals surface area contributed by atoms with E-state index in [4.69, 9.17) is 9.47 Å². The quantitative estimate of drug-likeness (QED) is 0.787. The Morgan fingerprint density at radius 1 is 1.18 bits per heavy atom. The smallest absolute Gasteiger partial charge is 0.252 e. The second kappa shape index (κ2) is 8.93. The predicted octanol–water partition coefficient (Wildman–Crippen LogP) is 1.95. The summed E-state index contributed by atoms with van der Waals surface area (Å²) in [5.41, 5.74) is 3.05. The lowest BCUT2D eigenvalue weighted by molar-refractivity contribution is 0.0950. The van der Waals surface area contributed by atoms with Crippen LogP contribution in [0.25, 0.3) is 0 Å². The Bertz CT molecular complexity index is 821. The summed E-state index contributed by atoms with van der Waals surface area (Å²) >= 11 is 0. The van der Waals surface area contributed by atoms with Crippen LogP contribution in [-0.2, 0) is 13.0 Å². The van der Waals surface area contributed by atoms with E-state index in [-0.39, 0.29) is 5.91 Å². The molecule has 2 heterocycles. The highest BCUT2D eigenvalue weighted by Gasteiger charge is 2.20. The summed E-state index contributed by atoms with van der Waals surface area (Å²) in [6, 6.07) is 7.83. The van der Waals surface area contributed by atoms with E-state index in [1.54, 1.807) is 20.4 Å². The number of pyridine rings is 1. The zero-order valence-corrected chi connectivity index (χ0v) is 17.0. The van der Waals surface area contributed by atoms with Gasteiger partial charge in [0.25, 0.3) is 5.91 Å². The molecule has 0 aliphatic carbocycles. The van der Waals surface area contributed by atoms with Gasteiger partial charge in [-0.05, 0) is 55.9 Å². The minimum Gasteiger partial charge on any atom is -0.493 e. The molecule has 2 aromatic rings. The topological polar surface area (TPSA) is 66.9 Å². The van der Waals surface area contributed by atoms with Crippen molar-refractivity contribution in [2.75, 3.05) is 52.8 Å². The fourth-order valence-electron chi connectivity index (χ4n) is 3.28. The largest absolute Gasteiger partial charge is 0.493 e. The van der Waals surface area contributed by atoms with Crippen molar-refractivity contribution >= 4 is 11.7 Å². The summed E-state index contributed by atoms with van der Waals surface area (Å²) in [5.74, 6) is 2.27. The normalized spacial score (nSPS) is 13.2. The van der Waals surface area contributed by atoms with Gasteiger partial charge in [0, 0.05) is 32.4 Å². The number of amides is 1. The van der Waals surface area contributed by atoms with Crippen LogP contribution in [0.4, 0.5) is 5.82 Å². The molecule has 7 heteroatoms. The lowest BCUT2D eigenvalue weighted by atomic mass is 9.98. The molecule has 1 amide bonds. The SMILES string of the molecule is COc1cc2c(cc1OC)CN(c1ccc(C(=O)NCCN(C)C)cn1)CC2. The average molecular weight is 384 g/mol. The second-order valence-electron chi connectivity index (χ2n) is 7.11. The van der Waals surface area contributed by atoms with Crippen molar-refractivity contribution in [2.24, 2.45) is 0 Å². The Morgan fingerprint density at radius 3 is 2.50 bits per heavy atom. The van der Waals surface area contributed by atoms with Crippen LogP contribution in [0.2, 0.25) is 0 Å². The molecular weight excluding hydrogens is 356 g/mol. The van der Waals surface area contributed by atoms with E-state index in [1.807, 2.05) is 37.2 Å². The second-order valence-corrected chi connectivity index (χ2v) is 7.11. The summed E-state index contributed by atoms with van der Waals surface area (Å²) in [6.07, 6.45) is 2.55. The molecule has 3 rings (SSSR count). The van der Waals surface area contributed by atoms with Crippen LogP contribution in [0.5, 0.6) is 11.5 Å². The minimum atomic E-state index is -0.0956. The molecule has 1 aromatic heterocycles. The summed E-state index contributed by atoms with van der Waals surface area (Å²) in [5, 5.41) is 2.91. The van der Waals surface area contributed by atoms with Crippen molar-refractivity contribution in [1.29, 1.82) is 0 Å². The van der Waals surface area contributed by atoms with Crippen molar-refractivity contribution in [1.82, 2.24) is 15.2 Å². The van der Waals surface area contributed by atoms with Crippen molar-refractivity contribution in [2.45, 2.75) is 13.0 Å². The van der Waals surface area contributed by atoms with Crippen molar-refractivity contribution in [3.8, 4) is 11.5 Å². The Balaban J connectivity index is 1.68. The minimum absolute atomic E-state index is 0.0956. The van der Waals surface area contributed by atoms with Crippen LogP contribution >= 0.6 is 0 Å². The van der Waals surface area contributed by atoms with Gasteiger partial charge in [-0.1, -0.05) is 0 Å². The van der Waals surface area contributed by atoms with Gasteiger partial charge in [0.15, 0.2) is 11.5 Å². The van der Waals surface area contributed by atoms with Gasteiger partial charge in [-0.2, -0.15) is 0 Å². The lowest BCUT2D eigenvalue weighted by Crippen LogP contribution is -2.32. The number of rotatable bonds is 7. The first-order valence-electron chi connectivity index (χ1n) is 9.39. The fourth-order valence-corrected chi connectivity index (χ4v) is 3.28. The number of hydrogen-bond donors (Lipinski definition) is 1. The average Bonchev–Trinajstić information content (AvgIpc) is 2.72. The van der Waals surface area contributed by atoms with Gasteiger partial charge in [-0.15, -0.1) is 0 Å². The molecule has 0 fully saturated rings. The first-order chi connectivity index (χ1) is 13.5. The Labute approximate surface area is 166 Å². The number of ether oxygens (including phenoxy) is 2. The zero-order valence-electron chi connectivity index (χ0n) is 17.0. The van der Waals surface area contributed by atoms with Crippen molar-refractivity contribution < 1.29 is 14.3 Å². The molecule has 150 valence electrons. The van der Waals surface area contributed by atoms with Gasteiger partial charge >= 0.3 is 0 Å². The third-order valence-corrected chi connectivity index (χ3v) is 4.90. The lowest BCUT2D eigenvalue weighted by Gasteiger charge is -2.30. The zero-order chi connectivity index (χ0) is 20.1. The van der Waals surface area contributed by atoms with E-state index in [9.17, 15) is 4.79 Å². The molecule has 0 radical (unpaired) electrons. The van der Waals surface area contributed by atoms with E-state index in [1.165, 1.54) is 11.1 Å². The van der Waals surface area contributed by atoms with Crippen molar-refractivity contribution in [3.05, 3.63) is 47.2 Å². The molecule has 0 bridgehead atoms. The predicted molar refractivity (Wildman–Crippen MR) is 109 cm³/mol. The number of nitrogens with zero attached hydrogens (tertiary/aromatic N) is 3. The number of anilines is 1. The Hall–Kier alpha value is -2.80. The number of hydrogen-bond acceptors (Lipinski definition) is 6. The number of carbonyl (C=O) groups excluding carboxylic acids is 1. The highest BCUT2D eigenvalue weighted by molar-refractivity contribution is 5.94. The van der Waals surface area contributed by atoms with E-state index in [0.717, 1.165) is 43.4 Å². The summed E-state index contributed by atoms with van der Waals surface area (Å²) in [7, 11) is 7.26. The number of nitrogens with one attached hydrogen (secondary N) is 1. The molecule has 28 heavy (non-hydrogen) atoms. The third-order valence-electron chi connectivity index (χ3n) is 4.90. The van der Waals surface area contributed by atoms with Gasteiger partial charge in [0.2, 0.25) is 0 Å². The van der Waals surface area contributed by atoms with Gasteiger partial charge in [-0.25, -0.2) is 4.98 Å². The molecule has 1 aliphatic heterocycles. The van der Waals surface area contributed by atoms with Crippen molar-refractivity contribution in [3.63, 3.8) is 0 Å². The van der Waals surface area contributed by atoms with E-state index < -0.39 is 0 Å². The first-order valence-corrected chi connectivity index (χ1v) is 9.39. The number of carbonyl (C=O) groups is 1. The first kappa shape index (κ1) is 19.9. The van der Waals surface area contributed by atoms with Gasteiger partial charge in [-0.3, -0.25) is 4.79 Å². The summed E-state index contributed by atoms with van der Waals surface area (Å²) < 4.78 is 10.8. The standard InChI is InChI=1S/C21H28N4O3/c1-24(2)10-8-22-21(26)16-5-6-20(23-13-16)25-9-7-15-11-18(27-3)19(28-4)12-17(15)14-25/h5-6,11-13H,7-10,14H2,1-4H3,(H,22,26). The van der Waals surface area contributed by atoms with E-state index in [0.29, 0.717) is 12.1 Å². The Kier molecular flexibility index (Phi) is 6.36. The van der Waals surface area contributed by atoms with E-state index >= 15 is 0 Å². The maximum atomic E-state index is 12.2. The van der Waals surface area contributed by atoms with Crippen LogP contribution in [0, 0.1) is 0 Å². The van der Waals surface area contributed by atoms with Crippen LogP contribution in [0.15, 0.2) is 30.5 Å². The maximum absolute atomic E-state index is 12.2. The highest BCUT2D eigenvalue weighted by atomic mass is 16.5. The molecular formula is C21H28N4O3. The molecule has 0 saturated heterocycles. The summed E-state index contributed by atoms with van der Waals surface area (Å²) in [6.45, 7) is 3.03. The summed E-state index contributed by atoms with van der Waals surface area (Å²) in [4.78, 5) is 21.0. The molecule has 1 aliphatic rings. The number of likely N-dealkylation sites (N-methyl/N-ethyl adjacent to an activating group) is 1. The Morgan fingerprint density at radius 2 is 1.89 bits per heavy atom. The third kappa shape index (κ3) is 4.54. The number of methoxy groups -OCH3 is 2. The molecule has 7 nitrogen and oxygen atoms in total. The highest BCUT2D eigenvalue weighted by Crippen LogP contribution is 2.34. The van der Waals surface area contributed by atoms with Crippen LogP contribution in [0.3, 0.4) is 0 Å². The molecule has 1 N–H and O–H groups in total. The maximum Gasteiger partial charge on any atom is 0.252 e. The van der Waals surface area contributed by atoms with Gasteiger partial charge < -0.3 is 24.6 Å². The number of fused-ring (bicyclic) bond motifs is 1. The molecule has 0 atom stereocenters. The molecule has 0 spiro atoms. The number of benzene rings is 1. The van der Waals surface area contributed by atoms with Crippen LogP contribution in [-0.4, -0.2) is 63.7 Å². The fraction of sp³-hybridized carbons (Fsp3) is 0.429. The van der Waals surface area contributed by atoms with Crippen LogP contribution < -0.4 is 19.7 Å². The van der Waals surface area contributed by atoms with Gasteiger partial charge in [0.05, 0.1) is 19.8 Å². The molecule has 0 saturated carbocycles.